The van der Waals surface area contributed by atoms with Crippen LogP contribution in [0.25, 0.3) is 0 Å². The number of anilines is 2. The molecule has 1 heterocycles. The fraction of sp³-hybridized carbons (Fsp3) is 0.294. The molecule has 0 saturated carbocycles. The Labute approximate surface area is 153 Å². The smallest absolute Gasteiger partial charge is 0.264 e. The van der Waals surface area contributed by atoms with E-state index in [2.05, 4.69) is 4.72 Å². The fourth-order valence-corrected chi connectivity index (χ4v) is 5.06. The van der Waals surface area contributed by atoms with Gasteiger partial charge in [0.05, 0.1) is 23.9 Å². The molecule has 0 aromatic heterocycles. The molecule has 1 N–H and O–H groups in total. The molecule has 1 aliphatic heterocycles. The molecule has 0 fully saturated rings. The Morgan fingerprint density at radius 1 is 1.04 bits per heavy atom. The summed E-state index contributed by atoms with van der Waals surface area (Å²) in [6, 6.07) is 11.1. The predicted octanol–water partition coefficient (Wildman–Crippen LogP) is 2.21. The Morgan fingerprint density at radius 2 is 1.73 bits per heavy atom. The molecule has 0 aliphatic carbocycles. The molecule has 7 nitrogen and oxygen atoms in total. The van der Waals surface area contributed by atoms with Crippen LogP contribution in [0.15, 0.2) is 47.4 Å². The summed E-state index contributed by atoms with van der Waals surface area (Å²) in [5.74, 6) is 0.583. The van der Waals surface area contributed by atoms with E-state index < -0.39 is 20.0 Å². The summed E-state index contributed by atoms with van der Waals surface area (Å²) in [7, 11) is -5.58. The lowest BCUT2D eigenvalue weighted by Crippen LogP contribution is -2.35. The third-order valence-electron chi connectivity index (χ3n) is 4.11. The van der Waals surface area contributed by atoms with E-state index in [1.54, 1.807) is 30.3 Å². The van der Waals surface area contributed by atoms with Gasteiger partial charge in [0, 0.05) is 12.2 Å². The number of hydrogen-bond acceptors (Lipinski definition) is 5. The van der Waals surface area contributed by atoms with Gasteiger partial charge in [-0.2, -0.15) is 0 Å². The lowest BCUT2D eigenvalue weighted by Gasteiger charge is -2.31. The van der Waals surface area contributed by atoms with Crippen LogP contribution in [0.5, 0.6) is 5.75 Å². The maximum atomic E-state index is 13.0. The number of methoxy groups -OCH3 is 1. The quantitative estimate of drug-likeness (QED) is 0.836. The molecule has 140 valence electrons. The van der Waals surface area contributed by atoms with Gasteiger partial charge in [-0.05, 0) is 60.9 Å². The van der Waals surface area contributed by atoms with E-state index in [0.29, 0.717) is 36.5 Å². The lowest BCUT2D eigenvalue weighted by atomic mass is 10.0. The van der Waals surface area contributed by atoms with E-state index in [1.165, 1.54) is 23.5 Å². The van der Waals surface area contributed by atoms with Crippen molar-refractivity contribution in [1.29, 1.82) is 0 Å². The average Bonchev–Trinajstić information content (AvgIpc) is 2.59. The number of sulfonamides is 2. The third-order valence-corrected chi connectivity index (χ3v) is 6.54. The number of hydrogen-bond donors (Lipinski definition) is 1. The highest BCUT2D eigenvalue weighted by atomic mass is 32.2. The molecular formula is C17H20N2O5S2. The predicted molar refractivity (Wildman–Crippen MR) is 101 cm³/mol. The first-order chi connectivity index (χ1) is 12.2. The summed E-state index contributed by atoms with van der Waals surface area (Å²) in [5, 5.41) is 0. The van der Waals surface area contributed by atoms with Crippen LogP contribution in [0, 0.1) is 0 Å². The lowest BCUT2D eigenvalue weighted by molar-refractivity contribution is 0.414. The molecule has 0 unspecified atom stereocenters. The van der Waals surface area contributed by atoms with Gasteiger partial charge in [-0.15, -0.1) is 0 Å². The van der Waals surface area contributed by atoms with Crippen LogP contribution in [0.1, 0.15) is 12.0 Å². The molecule has 9 heteroatoms. The number of rotatable bonds is 5. The normalized spacial score (nSPS) is 14.6. The maximum Gasteiger partial charge on any atom is 0.264 e. The highest BCUT2D eigenvalue weighted by molar-refractivity contribution is 7.93. The minimum absolute atomic E-state index is 0.185. The van der Waals surface area contributed by atoms with E-state index in [4.69, 9.17) is 4.74 Å². The second kappa shape index (κ2) is 6.81. The number of ether oxygens (including phenoxy) is 1. The maximum absolute atomic E-state index is 13.0. The van der Waals surface area contributed by atoms with E-state index in [9.17, 15) is 16.8 Å². The van der Waals surface area contributed by atoms with Crippen molar-refractivity contribution in [3.05, 3.63) is 48.0 Å². The Kier molecular flexibility index (Phi) is 4.85. The van der Waals surface area contributed by atoms with E-state index in [-0.39, 0.29) is 4.90 Å². The summed E-state index contributed by atoms with van der Waals surface area (Å²) in [4.78, 5) is 0.185. The van der Waals surface area contributed by atoms with E-state index in [1.807, 2.05) is 0 Å². The molecule has 0 radical (unpaired) electrons. The Bertz CT molecular complexity index is 1020. The molecule has 0 bridgehead atoms. The molecule has 0 amide bonds. The number of benzene rings is 2. The largest absolute Gasteiger partial charge is 0.497 e. The van der Waals surface area contributed by atoms with Gasteiger partial charge in [0.1, 0.15) is 5.75 Å². The zero-order chi connectivity index (χ0) is 18.9. The summed E-state index contributed by atoms with van der Waals surface area (Å²) in [6.45, 7) is 0.375. The van der Waals surface area contributed by atoms with Gasteiger partial charge in [-0.3, -0.25) is 9.03 Å². The summed E-state index contributed by atoms with van der Waals surface area (Å²) in [5.41, 5.74) is 1.79. The molecule has 2 aromatic rings. The van der Waals surface area contributed by atoms with Gasteiger partial charge in [-0.1, -0.05) is 0 Å². The van der Waals surface area contributed by atoms with Gasteiger partial charge < -0.3 is 4.74 Å². The van der Waals surface area contributed by atoms with Crippen molar-refractivity contribution < 1.29 is 21.6 Å². The SMILES string of the molecule is COc1ccc(S(=O)(=O)N2CCCc3cc(NS(C)(=O)=O)ccc32)cc1. The van der Waals surface area contributed by atoms with Crippen LogP contribution in [0.4, 0.5) is 11.4 Å². The summed E-state index contributed by atoms with van der Waals surface area (Å²) < 4.78 is 57.7. The molecule has 26 heavy (non-hydrogen) atoms. The second-order valence-corrected chi connectivity index (χ2v) is 9.68. The van der Waals surface area contributed by atoms with Crippen molar-refractivity contribution in [3.63, 3.8) is 0 Å². The van der Waals surface area contributed by atoms with Gasteiger partial charge in [0.25, 0.3) is 10.0 Å². The van der Waals surface area contributed by atoms with Crippen molar-refractivity contribution in [1.82, 2.24) is 0 Å². The first kappa shape index (κ1) is 18.5. The number of aryl methyl sites for hydroxylation is 1. The second-order valence-electron chi connectivity index (χ2n) is 6.07. The molecule has 2 aromatic carbocycles. The number of nitrogens with zero attached hydrogens (tertiary/aromatic N) is 1. The number of fused-ring (bicyclic) bond motifs is 1. The summed E-state index contributed by atoms with van der Waals surface area (Å²) in [6.07, 6.45) is 2.42. The van der Waals surface area contributed by atoms with Gasteiger partial charge in [0.2, 0.25) is 10.0 Å². The third kappa shape index (κ3) is 3.78. The zero-order valence-corrected chi connectivity index (χ0v) is 16.1. The molecule has 0 atom stereocenters. The van der Waals surface area contributed by atoms with Crippen LogP contribution in [0.2, 0.25) is 0 Å². The standard InChI is InChI=1S/C17H20N2O5S2/c1-24-15-6-8-16(9-7-15)26(22,23)19-11-3-4-13-12-14(5-10-17(13)19)18-25(2,20)21/h5-10,12,18H,3-4,11H2,1-2H3. The highest BCUT2D eigenvalue weighted by Gasteiger charge is 2.29. The first-order valence-corrected chi connectivity index (χ1v) is 11.3. The van der Waals surface area contributed by atoms with Crippen LogP contribution >= 0.6 is 0 Å². The van der Waals surface area contributed by atoms with Crippen molar-refractivity contribution in [2.45, 2.75) is 17.7 Å². The van der Waals surface area contributed by atoms with Gasteiger partial charge in [-0.25, -0.2) is 16.8 Å². The molecule has 1 aliphatic rings. The fourth-order valence-electron chi connectivity index (χ4n) is 2.96. The Morgan fingerprint density at radius 3 is 2.35 bits per heavy atom. The van der Waals surface area contributed by atoms with E-state index in [0.717, 1.165) is 11.8 Å². The first-order valence-electron chi connectivity index (χ1n) is 7.98. The van der Waals surface area contributed by atoms with E-state index >= 15 is 0 Å². The summed E-state index contributed by atoms with van der Waals surface area (Å²) >= 11 is 0. The Hall–Kier alpha value is -2.26. The van der Waals surface area contributed by atoms with Crippen LogP contribution < -0.4 is 13.8 Å². The van der Waals surface area contributed by atoms with Crippen molar-refractivity contribution >= 4 is 31.4 Å². The van der Waals surface area contributed by atoms with Crippen molar-refractivity contribution in [3.8, 4) is 5.75 Å². The minimum atomic E-state index is -3.71. The van der Waals surface area contributed by atoms with Crippen molar-refractivity contribution in [2.75, 3.05) is 28.9 Å². The van der Waals surface area contributed by atoms with Crippen molar-refractivity contribution in [2.24, 2.45) is 0 Å². The molecule has 0 spiro atoms. The number of nitrogens with one attached hydrogen (secondary N) is 1. The minimum Gasteiger partial charge on any atom is -0.497 e. The average molecular weight is 396 g/mol. The molecular weight excluding hydrogens is 376 g/mol. The van der Waals surface area contributed by atoms with Crippen LogP contribution in [0.3, 0.4) is 0 Å². The topological polar surface area (TPSA) is 92.8 Å². The monoisotopic (exact) mass is 396 g/mol. The van der Waals surface area contributed by atoms with Gasteiger partial charge >= 0.3 is 0 Å². The zero-order valence-electron chi connectivity index (χ0n) is 14.5. The van der Waals surface area contributed by atoms with Crippen LogP contribution in [-0.2, 0) is 26.5 Å². The highest BCUT2D eigenvalue weighted by Crippen LogP contribution is 2.34. The van der Waals surface area contributed by atoms with Gasteiger partial charge in [0.15, 0.2) is 0 Å². The molecule has 3 rings (SSSR count). The van der Waals surface area contributed by atoms with Crippen LogP contribution in [-0.4, -0.2) is 36.7 Å². The molecule has 0 saturated heterocycles. The Balaban J connectivity index is 1.98.